The predicted molar refractivity (Wildman–Crippen MR) is 70.2 cm³/mol. The number of carboxylic acids is 1. The molecule has 0 amide bonds. The van der Waals surface area contributed by atoms with Gasteiger partial charge >= 0.3 is 5.97 Å². The van der Waals surface area contributed by atoms with Crippen LogP contribution in [0, 0.1) is 11.8 Å². The third-order valence-corrected chi connectivity index (χ3v) is 3.68. The molecule has 0 aromatic heterocycles. The van der Waals surface area contributed by atoms with Crippen molar-refractivity contribution >= 4 is 5.97 Å². The van der Waals surface area contributed by atoms with Gasteiger partial charge in [0.25, 0.3) is 0 Å². The number of carbonyl (C=O) groups is 1. The number of benzene rings is 1. The van der Waals surface area contributed by atoms with Gasteiger partial charge in [-0.15, -0.1) is 0 Å². The van der Waals surface area contributed by atoms with E-state index in [2.05, 4.69) is 5.32 Å². The zero-order valence-corrected chi connectivity index (χ0v) is 10.9. The van der Waals surface area contributed by atoms with E-state index in [0.29, 0.717) is 19.5 Å². The Balaban J connectivity index is 2.09. The van der Waals surface area contributed by atoms with Crippen molar-refractivity contribution in [1.29, 1.82) is 0 Å². The van der Waals surface area contributed by atoms with E-state index in [4.69, 9.17) is 4.74 Å². The summed E-state index contributed by atoms with van der Waals surface area (Å²) in [5, 5.41) is 22.2. The molecule has 5 heteroatoms. The fourth-order valence-electron chi connectivity index (χ4n) is 2.53. The number of hydrogen-bond donors (Lipinski definition) is 3. The average molecular weight is 265 g/mol. The maximum atomic E-state index is 11.4. The van der Waals surface area contributed by atoms with Gasteiger partial charge in [-0.05, 0) is 24.1 Å². The Hall–Kier alpha value is -1.59. The summed E-state index contributed by atoms with van der Waals surface area (Å²) >= 11 is 0. The first-order valence-electron chi connectivity index (χ1n) is 6.36. The molecule has 1 saturated heterocycles. The number of β-amino-alcohol motifs (C(OH)–C–C–N with tert-alkyl or cyclic N) is 1. The smallest absolute Gasteiger partial charge is 0.307 e. The second kappa shape index (κ2) is 6.04. The lowest BCUT2D eigenvalue weighted by molar-refractivity contribution is -0.144. The summed E-state index contributed by atoms with van der Waals surface area (Å²) in [5.41, 5.74) is 0.937. The molecule has 104 valence electrons. The molecule has 0 unspecified atom stereocenters. The van der Waals surface area contributed by atoms with E-state index in [1.165, 1.54) is 0 Å². The number of aliphatic hydroxyl groups is 1. The molecule has 0 bridgehead atoms. The molecule has 0 spiro atoms. The molecule has 3 N–H and O–H groups in total. The topological polar surface area (TPSA) is 78.8 Å². The highest BCUT2D eigenvalue weighted by Crippen LogP contribution is 2.25. The second-order valence-electron chi connectivity index (χ2n) is 4.89. The summed E-state index contributed by atoms with van der Waals surface area (Å²) in [6, 6.07) is 7.36. The van der Waals surface area contributed by atoms with E-state index in [0.717, 1.165) is 11.3 Å². The van der Waals surface area contributed by atoms with E-state index in [9.17, 15) is 15.0 Å². The lowest BCUT2D eigenvalue weighted by atomic mass is 9.85. The molecule has 1 aromatic rings. The van der Waals surface area contributed by atoms with Gasteiger partial charge in [0.05, 0.1) is 19.1 Å². The first-order valence-corrected chi connectivity index (χ1v) is 6.36. The van der Waals surface area contributed by atoms with Crippen molar-refractivity contribution in [3.05, 3.63) is 29.8 Å². The number of aliphatic hydroxyl groups excluding tert-OH is 1. The van der Waals surface area contributed by atoms with E-state index in [-0.39, 0.29) is 5.92 Å². The van der Waals surface area contributed by atoms with E-state index in [1.54, 1.807) is 7.11 Å². The van der Waals surface area contributed by atoms with E-state index < -0.39 is 18.0 Å². The number of carboxylic acid groups (broad SMARTS) is 1. The van der Waals surface area contributed by atoms with E-state index in [1.807, 2.05) is 24.3 Å². The molecule has 0 aliphatic carbocycles. The number of aliphatic carboxylic acids is 1. The van der Waals surface area contributed by atoms with Gasteiger partial charge in [-0.2, -0.15) is 0 Å². The minimum absolute atomic E-state index is 0.236. The van der Waals surface area contributed by atoms with Gasteiger partial charge in [-0.3, -0.25) is 4.79 Å². The Bertz CT molecular complexity index is 432. The van der Waals surface area contributed by atoms with Crippen LogP contribution in [0.25, 0.3) is 0 Å². The predicted octanol–water partition coefficient (Wildman–Crippen LogP) is 0.519. The summed E-state index contributed by atoms with van der Waals surface area (Å²) in [4.78, 5) is 11.4. The first-order chi connectivity index (χ1) is 9.11. The lowest BCUT2D eigenvalue weighted by Crippen LogP contribution is -2.33. The molecule has 19 heavy (non-hydrogen) atoms. The number of methoxy groups -OCH3 is 1. The zero-order chi connectivity index (χ0) is 13.8. The molecule has 1 aliphatic rings. The van der Waals surface area contributed by atoms with Crippen LogP contribution in [0.4, 0.5) is 0 Å². The second-order valence-corrected chi connectivity index (χ2v) is 4.89. The molecule has 1 aromatic carbocycles. The van der Waals surface area contributed by atoms with Crippen LogP contribution in [0.3, 0.4) is 0 Å². The van der Waals surface area contributed by atoms with Crippen LogP contribution in [0.1, 0.15) is 5.56 Å². The van der Waals surface area contributed by atoms with Crippen molar-refractivity contribution in [2.75, 3.05) is 20.2 Å². The van der Waals surface area contributed by atoms with Crippen molar-refractivity contribution in [3.8, 4) is 5.75 Å². The lowest BCUT2D eigenvalue weighted by Gasteiger charge is -2.21. The quantitative estimate of drug-likeness (QED) is 0.723. The molecule has 5 nitrogen and oxygen atoms in total. The number of ether oxygens (including phenoxy) is 1. The molecule has 0 radical (unpaired) electrons. The normalized spacial score (nSPS) is 24.1. The molecular formula is C14H19NO4. The number of hydrogen-bond acceptors (Lipinski definition) is 4. The Kier molecular flexibility index (Phi) is 4.39. The molecular weight excluding hydrogens is 246 g/mol. The highest BCUT2D eigenvalue weighted by molar-refractivity contribution is 5.71. The van der Waals surface area contributed by atoms with Crippen LogP contribution in [-0.4, -0.2) is 42.5 Å². The number of rotatable bonds is 5. The highest BCUT2D eigenvalue weighted by atomic mass is 16.5. The van der Waals surface area contributed by atoms with Gasteiger partial charge < -0.3 is 20.3 Å². The minimum Gasteiger partial charge on any atom is -0.497 e. The van der Waals surface area contributed by atoms with Crippen LogP contribution in [0.5, 0.6) is 5.75 Å². The largest absolute Gasteiger partial charge is 0.497 e. The van der Waals surface area contributed by atoms with Gasteiger partial charge in [0.2, 0.25) is 0 Å². The summed E-state index contributed by atoms with van der Waals surface area (Å²) in [5.74, 6) is -0.917. The summed E-state index contributed by atoms with van der Waals surface area (Å²) in [6.45, 7) is 1.02. The maximum absolute atomic E-state index is 11.4. The summed E-state index contributed by atoms with van der Waals surface area (Å²) in [6.07, 6.45) is -0.165. The standard InChI is InChI=1S/C14H19NO4/c1-19-10-4-2-9(3-5-10)6-11(14(17)18)12-7-15-8-13(12)16/h2-5,11-13,15-16H,6-8H2,1H3,(H,17,18)/t11-,12+,13+/m0/s1. The third kappa shape index (κ3) is 3.24. The van der Waals surface area contributed by atoms with Crippen LogP contribution < -0.4 is 10.1 Å². The molecule has 0 saturated carbocycles. The molecule has 3 atom stereocenters. The zero-order valence-electron chi connectivity index (χ0n) is 10.9. The van der Waals surface area contributed by atoms with Crippen molar-refractivity contribution in [1.82, 2.24) is 5.32 Å². The van der Waals surface area contributed by atoms with Crippen LogP contribution in [0.2, 0.25) is 0 Å². The third-order valence-electron chi connectivity index (χ3n) is 3.68. The Morgan fingerprint density at radius 2 is 2.11 bits per heavy atom. The monoisotopic (exact) mass is 265 g/mol. The fraction of sp³-hybridized carbons (Fsp3) is 0.500. The summed E-state index contributed by atoms with van der Waals surface area (Å²) < 4.78 is 5.07. The van der Waals surface area contributed by atoms with Crippen LogP contribution >= 0.6 is 0 Å². The van der Waals surface area contributed by atoms with Crippen molar-refractivity contribution in [2.45, 2.75) is 12.5 Å². The highest BCUT2D eigenvalue weighted by Gasteiger charge is 2.36. The Labute approximate surface area is 112 Å². The summed E-state index contributed by atoms with van der Waals surface area (Å²) in [7, 11) is 1.59. The SMILES string of the molecule is COc1ccc(C[C@H](C(=O)O)[C@H]2CNC[C@H]2O)cc1. The van der Waals surface area contributed by atoms with Crippen molar-refractivity contribution in [3.63, 3.8) is 0 Å². The molecule has 1 aliphatic heterocycles. The average Bonchev–Trinajstić information content (AvgIpc) is 2.82. The number of nitrogens with one attached hydrogen (secondary N) is 1. The van der Waals surface area contributed by atoms with Gasteiger partial charge in [-0.25, -0.2) is 0 Å². The Morgan fingerprint density at radius 3 is 2.58 bits per heavy atom. The minimum atomic E-state index is -0.858. The molecule has 2 rings (SSSR count). The van der Waals surface area contributed by atoms with Gasteiger partial charge in [0, 0.05) is 19.0 Å². The molecule has 1 fully saturated rings. The van der Waals surface area contributed by atoms with E-state index >= 15 is 0 Å². The molecule has 1 heterocycles. The maximum Gasteiger partial charge on any atom is 0.307 e. The van der Waals surface area contributed by atoms with Crippen molar-refractivity contribution in [2.24, 2.45) is 11.8 Å². The Morgan fingerprint density at radius 1 is 1.42 bits per heavy atom. The van der Waals surface area contributed by atoms with Crippen LogP contribution in [-0.2, 0) is 11.2 Å². The first kappa shape index (κ1) is 13.8. The van der Waals surface area contributed by atoms with Crippen molar-refractivity contribution < 1.29 is 19.7 Å². The van der Waals surface area contributed by atoms with Crippen LogP contribution in [0.15, 0.2) is 24.3 Å². The fourth-order valence-corrected chi connectivity index (χ4v) is 2.53. The van der Waals surface area contributed by atoms with Gasteiger partial charge in [-0.1, -0.05) is 12.1 Å². The van der Waals surface area contributed by atoms with Gasteiger partial charge in [0.15, 0.2) is 0 Å². The van der Waals surface area contributed by atoms with Gasteiger partial charge in [0.1, 0.15) is 5.75 Å².